The number of phenols is 1. The summed E-state index contributed by atoms with van der Waals surface area (Å²) in [5.41, 5.74) is 1.50. The van der Waals surface area contributed by atoms with Crippen LogP contribution < -0.4 is 0 Å². The quantitative estimate of drug-likeness (QED) is 0.558. The third-order valence-corrected chi connectivity index (χ3v) is 3.61. The summed E-state index contributed by atoms with van der Waals surface area (Å²) in [7, 11) is 0. The molecule has 23 heavy (non-hydrogen) atoms. The molecule has 0 aliphatic heterocycles. The van der Waals surface area contributed by atoms with Crippen molar-refractivity contribution in [1.82, 2.24) is 0 Å². The number of thioether (sulfide) groups is 1. The number of aromatic hydroxyl groups is 1. The molecule has 0 fully saturated rings. The molecule has 1 aromatic rings. The van der Waals surface area contributed by atoms with Gasteiger partial charge in [0, 0.05) is 17.0 Å². The Morgan fingerprint density at radius 1 is 1.39 bits per heavy atom. The third-order valence-electron chi connectivity index (χ3n) is 3.01. The molecule has 0 aromatic heterocycles. The minimum atomic E-state index is -1.12. The van der Waals surface area contributed by atoms with Crippen molar-refractivity contribution < 1.29 is 24.5 Å². The SMILES string of the molecule is CCOC(=O)CC(C)=NC(C(=O)O)c1ccc(O)c(CSC)c1. The van der Waals surface area contributed by atoms with Crippen molar-refractivity contribution in [3.05, 3.63) is 29.3 Å². The molecule has 1 atom stereocenters. The Morgan fingerprint density at radius 2 is 2.09 bits per heavy atom. The molecule has 0 aliphatic carbocycles. The molecule has 6 nitrogen and oxygen atoms in total. The number of hydrogen-bond acceptors (Lipinski definition) is 6. The van der Waals surface area contributed by atoms with E-state index in [0.717, 1.165) is 0 Å². The number of rotatable bonds is 8. The summed E-state index contributed by atoms with van der Waals surface area (Å²) < 4.78 is 4.82. The number of aliphatic carboxylic acids is 1. The standard InChI is InChI=1S/C16H21NO5S/c1-4-22-14(19)7-10(2)17-15(16(20)21)11-5-6-13(18)12(8-11)9-23-3/h5-6,8,15,18H,4,7,9H2,1-3H3,(H,20,21). The Balaban J connectivity index is 3.05. The highest BCUT2D eigenvalue weighted by atomic mass is 32.2. The van der Waals surface area contributed by atoms with Crippen LogP contribution in [0.5, 0.6) is 5.75 Å². The first-order valence-corrected chi connectivity index (χ1v) is 8.50. The number of carbonyl (C=O) groups is 2. The van der Waals surface area contributed by atoms with Gasteiger partial charge in [0.15, 0.2) is 6.04 Å². The van der Waals surface area contributed by atoms with E-state index in [1.165, 1.54) is 23.9 Å². The fraction of sp³-hybridized carbons (Fsp3) is 0.438. The highest BCUT2D eigenvalue weighted by molar-refractivity contribution is 7.97. The predicted molar refractivity (Wildman–Crippen MR) is 90.1 cm³/mol. The van der Waals surface area contributed by atoms with Crippen molar-refractivity contribution in [2.24, 2.45) is 4.99 Å². The van der Waals surface area contributed by atoms with E-state index in [-0.39, 0.29) is 18.8 Å². The zero-order valence-corrected chi connectivity index (χ0v) is 14.2. The largest absolute Gasteiger partial charge is 0.508 e. The molecular formula is C16H21NO5S. The number of hydrogen-bond donors (Lipinski definition) is 2. The third kappa shape index (κ3) is 5.94. The lowest BCUT2D eigenvalue weighted by Gasteiger charge is -2.12. The van der Waals surface area contributed by atoms with Crippen LogP contribution in [-0.2, 0) is 20.1 Å². The Hall–Kier alpha value is -2.02. The van der Waals surface area contributed by atoms with E-state index in [1.807, 2.05) is 6.26 Å². The van der Waals surface area contributed by atoms with Crippen LogP contribution in [0.2, 0.25) is 0 Å². The van der Waals surface area contributed by atoms with E-state index in [2.05, 4.69) is 4.99 Å². The number of benzene rings is 1. The van der Waals surface area contributed by atoms with Crippen LogP contribution in [0.15, 0.2) is 23.2 Å². The second-order valence-corrected chi connectivity index (χ2v) is 5.77. The predicted octanol–water partition coefficient (Wildman–Crippen LogP) is 2.80. The zero-order chi connectivity index (χ0) is 17.4. The van der Waals surface area contributed by atoms with Gasteiger partial charge in [-0.3, -0.25) is 9.79 Å². The first kappa shape index (κ1) is 19.0. The normalized spacial score (nSPS) is 12.7. The van der Waals surface area contributed by atoms with Crippen LogP contribution in [0, 0.1) is 0 Å². The molecule has 0 aliphatic rings. The Bertz CT molecular complexity index is 600. The van der Waals surface area contributed by atoms with E-state index >= 15 is 0 Å². The van der Waals surface area contributed by atoms with Gasteiger partial charge in [0.1, 0.15) is 5.75 Å². The summed E-state index contributed by atoms with van der Waals surface area (Å²) in [6, 6.07) is 3.50. The van der Waals surface area contributed by atoms with Gasteiger partial charge >= 0.3 is 11.9 Å². The lowest BCUT2D eigenvalue weighted by Crippen LogP contribution is -2.14. The van der Waals surface area contributed by atoms with Gasteiger partial charge in [0.2, 0.25) is 0 Å². The molecule has 1 aromatic carbocycles. The minimum absolute atomic E-state index is 0.0482. The molecule has 0 saturated carbocycles. The van der Waals surface area contributed by atoms with E-state index in [4.69, 9.17) is 4.74 Å². The van der Waals surface area contributed by atoms with Gasteiger partial charge in [-0.15, -0.1) is 0 Å². The van der Waals surface area contributed by atoms with Gasteiger partial charge < -0.3 is 14.9 Å². The summed E-state index contributed by atoms with van der Waals surface area (Å²) >= 11 is 1.52. The van der Waals surface area contributed by atoms with Crippen LogP contribution in [0.3, 0.4) is 0 Å². The summed E-state index contributed by atoms with van der Waals surface area (Å²) in [5, 5.41) is 19.2. The summed E-state index contributed by atoms with van der Waals surface area (Å²) in [6.07, 6.45) is 1.84. The molecule has 7 heteroatoms. The molecular weight excluding hydrogens is 318 g/mol. The number of ether oxygens (including phenoxy) is 1. The van der Waals surface area contributed by atoms with Crippen molar-refractivity contribution in [3.8, 4) is 5.75 Å². The molecule has 1 rings (SSSR count). The van der Waals surface area contributed by atoms with Gasteiger partial charge in [0.05, 0.1) is 13.0 Å². The first-order valence-electron chi connectivity index (χ1n) is 7.11. The molecule has 0 bridgehead atoms. The van der Waals surface area contributed by atoms with Gasteiger partial charge in [-0.05, 0) is 37.8 Å². The van der Waals surface area contributed by atoms with Crippen molar-refractivity contribution in [2.75, 3.05) is 12.9 Å². The van der Waals surface area contributed by atoms with Crippen LogP contribution >= 0.6 is 11.8 Å². The van der Waals surface area contributed by atoms with Crippen LogP contribution in [0.25, 0.3) is 0 Å². The molecule has 0 radical (unpaired) electrons. The van der Waals surface area contributed by atoms with E-state index in [1.54, 1.807) is 19.9 Å². The van der Waals surface area contributed by atoms with E-state index in [9.17, 15) is 19.8 Å². The summed E-state index contributed by atoms with van der Waals surface area (Å²) in [4.78, 5) is 27.1. The van der Waals surface area contributed by atoms with Crippen molar-refractivity contribution in [1.29, 1.82) is 0 Å². The topological polar surface area (TPSA) is 96.2 Å². The van der Waals surface area contributed by atoms with Crippen molar-refractivity contribution in [2.45, 2.75) is 32.1 Å². The second kappa shape index (κ2) is 9.19. The van der Waals surface area contributed by atoms with Gasteiger partial charge in [-0.25, -0.2) is 4.79 Å². The van der Waals surface area contributed by atoms with E-state index in [0.29, 0.717) is 22.6 Å². The fourth-order valence-corrected chi connectivity index (χ4v) is 2.55. The maximum Gasteiger partial charge on any atom is 0.333 e. The lowest BCUT2D eigenvalue weighted by molar-refractivity contribution is -0.142. The van der Waals surface area contributed by atoms with E-state index < -0.39 is 18.0 Å². The van der Waals surface area contributed by atoms with Crippen LogP contribution in [0.4, 0.5) is 0 Å². The van der Waals surface area contributed by atoms with Gasteiger partial charge in [-0.2, -0.15) is 11.8 Å². The fourth-order valence-electron chi connectivity index (χ4n) is 2.01. The number of carboxylic acids is 1. The zero-order valence-electron chi connectivity index (χ0n) is 13.4. The van der Waals surface area contributed by atoms with Crippen LogP contribution in [-0.4, -0.2) is 40.7 Å². The van der Waals surface area contributed by atoms with Crippen molar-refractivity contribution >= 4 is 29.4 Å². The van der Waals surface area contributed by atoms with Gasteiger partial charge in [0.25, 0.3) is 0 Å². The number of nitrogens with zero attached hydrogens (tertiary/aromatic N) is 1. The number of aliphatic imine (C=N–C) groups is 1. The number of carbonyl (C=O) groups excluding carboxylic acids is 1. The monoisotopic (exact) mass is 339 g/mol. The number of phenolic OH excluding ortho intramolecular Hbond substituents is 1. The Labute approximate surface area is 139 Å². The average Bonchev–Trinajstić information content (AvgIpc) is 2.47. The second-order valence-electron chi connectivity index (χ2n) is 4.91. The van der Waals surface area contributed by atoms with Crippen molar-refractivity contribution in [3.63, 3.8) is 0 Å². The minimum Gasteiger partial charge on any atom is -0.508 e. The lowest BCUT2D eigenvalue weighted by atomic mass is 10.0. The van der Waals surface area contributed by atoms with Gasteiger partial charge in [-0.1, -0.05) is 6.07 Å². The Morgan fingerprint density at radius 3 is 2.65 bits per heavy atom. The smallest absolute Gasteiger partial charge is 0.333 e. The summed E-state index contributed by atoms with van der Waals surface area (Å²) in [6.45, 7) is 3.56. The molecule has 2 N–H and O–H groups in total. The van der Waals surface area contributed by atoms with Crippen LogP contribution in [0.1, 0.15) is 37.4 Å². The number of carboxylic acid groups (broad SMARTS) is 1. The molecule has 126 valence electrons. The molecule has 0 amide bonds. The highest BCUT2D eigenvalue weighted by Gasteiger charge is 2.21. The summed E-state index contributed by atoms with van der Waals surface area (Å²) in [5.74, 6) is -0.863. The molecule has 0 saturated heterocycles. The average molecular weight is 339 g/mol. The molecule has 0 spiro atoms. The maximum atomic E-state index is 11.5. The highest BCUT2D eigenvalue weighted by Crippen LogP contribution is 2.27. The first-order chi connectivity index (χ1) is 10.9. The Kier molecular flexibility index (Phi) is 7.61. The number of esters is 1. The molecule has 0 heterocycles. The molecule has 1 unspecified atom stereocenters. The maximum absolute atomic E-state index is 11.5.